The molecule has 0 aliphatic carbocycles. The van der Waals surface area contributed by atoms with E-state index >= 15 is 0 Å². The van der Waals surface area contributed by atoms with Crippen LogP contribution in [0.3, 0.4) is 0 Å². The van der Waals surface area contributed by atoms with Crippen molar-refractivity contribution >= 4 is 51.5 Å². The molecule has 0 saturated heterocycles. The Bertz CT molecular complexity index is 309. The van der Waals surface area contributed by atoms with E-state index in [1.165, 1.54) is 0 Å². The van der Waals surface area contributed by atoms with Gasteiger partial charge in [-0.25, -0.2) is 0 Å². The average Bonchev–Trinajstić information content (AvgIpc) is 2.16. The van der Waals surface area contributed by atoms with Crippen LogP contribution in [-0.2, 0) is 0 Å². The Morgan fingerprint density at radius 3 is 2.79 bits per heavy atom. The molecule has 0 heterocycles. The Labute approximate surface area is 107 Å². The molecule has 1 rings (SSSR count). The van der Waals surface area contributed by atoms with Crippen LogP contribution in [0.15, 0.2) is 18.2 Å². The Balaban J connectivity index is 2.59. The average molecular weight is 346 g/mol. The number of rotatable bonds is 4. The molecule has 0 bridgehead atoms. The van der Waals surface area contributed by atoms with E-state index in [0.29, 0.717) is 11.6 Å². The van der Waals surface area contributed by atoms with Crippen LogP contribution in [0.4, 0.5) is 5.69 Å². The molecule has 0 aliphatic rings. The van der Waals surface area contributed by atoms with Crippen LogP contribution in [0.1, 0.15) is 0 Å². The number of alkyl halides is 1. The third kappa shape index (κ3) is 3.81. The molecule has 0 saturated carbocycles. The fraction of sp³-hybridized carbons (Fsp3) is 0.333. The summed E-state index contributed by atoms with van der Waals surface area (Å²) in [5.74, 6) is 0.217. The highest BCUT2D eigenvalue weighted by molar-refractivity contribution is 14.1. The van der Waals surface area contributed by atoms with Gasteiger partial charge in [-0.15, -0.1) is 11.6 Å². The van der Waals surface area contributed by atoms with E-state index in [1.807, 2.05) is 18.2 Å². The molecule has 14 heavy (non-hydrogen) atoms. The normalized spacial score (nSPS) is 12.6. The number of benzene rings is 1. The van der Waals surface area contributed by atoms with Gasteiger partial charge in [0.1, 0.15) is 0 Å². The van der Waals surface area contributed by atoms with E-state index in [0.717, 1.165) is 9.26 Å². The maximum atomic E-state index is 9.23. The summed E-state index contributed by atoms with van der Waals surface area (Å²) in [7, 11) is 0. The maximum Gasteiger partial charge on any atom is 0.0847 e. The lowest BCUT2D eigenvalue weighted by atomic mass is 10.3. The third-order valence-corrected chi connectivity index (χ3v) is 2.98. The number of hydrogen-bond donors (Lipinski definition) is 2. The zero-order valence-electron chi connectivity index (χ0n) is 7.30. The fourth-order valence-electron chi connectivity index (χ4n) is 0.915. The van der Waals surface area contributed by atoms with Crippen LogP contribution in [0.25, 0.3) is 0 Å². The van der Waals surface area contributed by atoms with Crippen LogP contribution in [0, 0.1) is 3.57 Å². The standard InChI is InChI=1S/C9H10Cl2INO/c10-4-7(14)5-13-9-2-1-6(12)3-8(9)11/h1-3,7,13-14H,4-5H2. The second kappa shape index (κ2) is 6.00. The van der Waals surface area contributed by atoms with Crippen molar-refractivity contribution in [2.45, 2.75) is 6.10 Å². The Morgan fingerprint density at radius 1 is 1.50 bits per heavy atom. The minimum Gasteiger partial charge on any atom is -0.390 e. The van der Waals surface area contributed by atoms with E-state index in [1.54, 1.807) is 0 Å². The first-order valence-corrected chi connectivity index (χ1v) is 6.05. The number of aliphatic hydroxyl groups excluding tert-OH is 1. The summed E-state index contributed by atoms with van der Waals surface area (Å²) >= 11 is 13.6. The lowest BCUT2D eigenvalue weighted by Gasteiger charge is -2.11. The molecule has 0 amide bonds. The molecule has 2 N–H and O–H groups in total. The molecule has 1 aromatic rings. The van der Waals surface area contributed by atoms with Crippen molar-refractivity contribution in [3.05, 3.63) is 26.8 Å². The van der Waals surface area contributed by atoms with Crippen molar-refractivity contribution in [3.8, 4) is 0 Å². The first kappa shape index (κ1) is 12.4. The van der Waals surface area contributed by atoms with Gasteiger partial charge in [-0.2, -0.15) is 0 Å². The SMILES string of the molecule is OC(CCl)CNc1ccc(I)cc1Cl. The summed E-state index contributed by atoms with van der Waals surface area (Å²) in [6.45, 7) is 0.407. The van der Waals surface area contributed by atoms with Gasteiger partial charge in [0.05, 0.1) is 22.7 Å². The first-order valence-electron chi connectivity index (χ1n) is 4.06. The Morgan fingerprint density at radius 2 is 2.21 bits per heavy atom. The van der Waals surface area contributed by atoms with Crippen molar-refractivity contribution in [1.82, 2.24) is 0 Å². The minimum absolute atomic E-state index is 0.217. The molecule has 1 unspecified atom stereocenters. The molecular weight excluding hydrogens is 336 g/mol. The van der Waals surface area contributed by atoms with Gasteiger partial charge >= 0.3 is 0 Å². The van der Waals surface area contributed by atoms with Crippen LogP contribution in [0.2, 0.25) is 5.02 Å². The largest absolute Gasteiger partial charge is 0.390 e. The van der Waals surface area contributed by atoms with Crippen molar-refractivity contribution in [1.29, 1.82) is 0 Å². The monoisotopic (exact) mass is 345 g/mol. The number of anilines is 1. The van der Waals surface area contributed by atoms with Gasteiger partial charge in [-0.05, 0) is 40.8 Å². The van der Waals surface area contributed by atoms with Gasteiger partial charge in [-0.3, -0.25) is 0 Å². The molecule has 78 valence electrons. The van der Waals surface area contributed by atoms with Crippen molar-refractivity contribution in [2.24, 2.45) is 0 Å². The fourth-order valence-corrected chi connectivity index (χ4v) is 1.95. The van der Waals surface area contributed by atoms with E-state index in [-0.39, 0.29) is 5.88 Å². The zero-order chi connectivity index (χ0) is 10.6. The van der Waals surface area contributed by atoms with Gasteiger partial charge < -0.3 is 10.4 Å². The third-order valence-electron chi connectivity index (χ3n) is 1.64. The summed E-state index contributed by atoms with van der Waals surface area (Å²) in [4.78, 5) is 0. The second-order valence-electron chi connectivity index (χ2n) is 2.81. The lowest BCUT2D eigenvalue weighted by molar-refractivity contribution is 0.211. The van der Waals surface area contributed by atoms with Crippen molar-refractivity contribution in [3.63, 3.8) is 0 Å². The van der Waals surface area contributed by atoms with Gasteiger partial charge in [0, 0.05) is 10.1 Å². The molecular formula is C9H10Cl2INO. The minimum atomic E-state index is -0.549. The molecule has 0 radical (unpaired) electrons. The van der Waals surface area contributed by atoms with E-state index in [4.69, 9.17) is 23.2 Å². The number of halogens is 3. The van der Waals surface area contributed by atoms with E-state index in [9.17, 15) is 5.11 Å². The maximum absolute atomic E-state index is 9.23. The van der Waals surface area contributed by atoms with Crippen LogP contribution in [-0.4, -0.2) is 23.6 Å². The number of nitrogens with one attached hydrogen (secondary N) is 1. The lowest BCUT2D eigenvalue weighted by Crippen LogP contribution is -2.20. The summed E-state index contributed by atoms with van der Waals surface area (Å²) < 4.78 is 1.08. The highest BCUT2D eigenvalue weighted by Crippen LogP contribution is 2.23. The van der Waals surface area contributed by atoms with Gasteiger partial charge in [-0.1, -0.05) is 11.6 Å². The van der Waals surface area contributed by atoms with Gasteiger partial charge in [0.25, 0.3) is 0 Å². The summed E-state index contributed by atoms with van der Waals surface area (Å²) in [6, 6.07) is 5.68. The highest BCUT2D eigenvalue weighted by Gasteiger charge is 2.04. The van der Waals surface area contributed by atoms with Crippen LogP contribution >= 0.6 is 45.8 Å². The smallest absolute Gasteiger partial charge is 0.0847 e. The topological polar surface area (TPSA) is 32.3 Å². The highest BCUT2D eigenvalue weighted by atomic mass is 127. The first-order chi connectivity index (χ1) is 6.63. The molecule has 2 nitrogen and oxygen atoms in total. The van der Waals surface area contributed by atoms with Crippen molar-refractivity contribution in [2.75, 3.05) is 17.7 Å². The zero-order valence-corrected chi connectivity index (χ0v) is 11.0. The summed E-state index contributed by atoms with van der Waals surface area (Å²) in [5, 5.41) is 12.9. The van der Waals surface area contributed by atoms with Gasteiger partial charge in [0.2, 0.25) is 0 Å². The van der Waals surface area contributed by atoms with Gasteiger partial charge in [0.15, 0.2) is 0 Å². The van der Waals surface area contributed by atoms with E-state index in [2.05, 4.69) is 27.9 Å². The summed E-state index contributed by atoms with van der Waals surface area (Å²) in [5.41, 5.74) is 0.816. The quantitative estimate of drug-likeness (QED) is 0.649. The van der Waals surface area contributed by atoms with E-state index < -0.39 is 6.10 Å². The molecule has 0 aliphatic heterocycles. The molecule has 1 aromatic carbocycles. The van der Waals surface area contributed by atoms with Crippen LogP contribution in [0.5, 0.6) is 0 Å². The Kier molecular flexibility index (Phi) is 5.30. The molecule has 1 atom stereocenters. The summed E-state index contributed by atoms with van der Waals surface area (Å²) in [6.07, 6.45) is -0.549. The molecule has 0 fully saturated rings. The molecule has 0 aromatic heterocycles. The predicted octanol–water partition coefficient (Wildman–Crippen LogP) is 2.96. The number of aliphatic hydroxyl groups is 1. The second-order valence-corrected chi connectivity index (χ2v) is 4.77. The van der Waals surface area contributed by atoms with Crippen LogP contribution < -0.4 is 5.32 Å². The molecule has 5 heteroatoms. The predicted molar refractivity (Wildman–Crippen MR) is 69.4 cm³/mol. The number of hydrogen-bond acceptors (Lipinski definition) is 2. The van der Waals surface area contributed by atoms with Crippen molar-refractivity contribution < 1.29 is 5.11 Å². The Hall–Kier alpha value is 0.290. The molecule has 0 spiro atoms.